The Kier molecular flexibility index (Phi) is 11.6. The molecule has 0 radical (unpaired) electrons. The average Bonchev–Trinajstić information content (AvgIpc) is 2.65. The van der Waals surface area contributed by atoms with Gasteiger partial charge in [0.1, 0.15) is 18.1 Å². The van der Waals surface area contributed by atoms with E-state index in [9.17, 15) is 34.2 Å². The molecule has 0 heterocycles. The van der Waals surface area contributed by atoms with Crippen LogP contribution in [0.2, 0.25) is 0 Å². The van der Waals surface area contributed by atoms with Crippen molar-refractivity contribution < 1.29 is 34.2 Å². The van der Waals surface area contributed by atoms with Crippen LogP contribution >= 0.6 is 0 Å². The highest BCUT2D eigenvalue weighted by Crippen LogP contribution is 2.10. The van der Waals surface area contributed by atoms with Gasteiger partial charge in [0.25, 0.3) is 0 Å². The third-order valence-corrected chi connectivity index (χ3v) is 4.60. The standard InChI is InChI=1S/C18H33N5O7/c1-5-9(4)14(18(29)30)23-17(28)13(8(2)3)22-16(27)11(7-24)21-15(26)10(19)6-12(20)25/h8-11,13-14,24H,5-7,19H2,1-4H3,(H2,20,25)(H,21,26)(H,22,27)(H,23,28)(H,29,30). The minimum Gasteiger partial charge on any atom is -0.480 e. The maximum atomic E-state index is 12.6. The Hall–Kier alpha value is -2.73. The van der Waals surface area contributed by atoms with Gasteiger partial charge in [-0.3, -0.25) is 19.2 Å². The van der Waals surface area contributed by atoms with Crippen LogP contribution in [0.1, 0.15) is 40.5 Å². The summed E-state index contributed by atoms with van der Waals surface area (Å²) < 4.78 is 0. The highest BCUT2D eigenvalue weighted by atomic mass is 16.4. The molecule has 0 saturated carbocycles. The topological polar surface area (TPSA) is 214 Å². The zero-order chi connectivity index (χ0) is 23.6. The summed E-state index contributed by atoms with van der Waals surface area (Å²) in [4.78, 5) is 59.3. The number of primary amides is 1. The van der Waals surface area contributed by atoms with Crippen molar-refractivity contribution in [3.63, 3.8) is 0 Å². The van der Waals surface area contributed by atoms with Crippen LogP contribution in [0.4, 0.5) is 0 Å². The number of aliphatic carboxylic acids is 1. The van der Waals surface area contributed by atoms with Crippen LogP contribution in [0.3, 0.4) is 0 Å². The van der Waals surface area contributed by atoms with Gasteiger partial charge >= 0.3 is 5.97 Å². The van der Waals surface area contributed by atoms with Crippen molar-refractivity contribution in [1.82, 2.24) is 16.0 Å². The number of amides is 4. The Morgan fingerprint density at radius 3 is 1.83 bits per heavy atom. The molecule has 5 atom stereocenters. The predicted molar refractivity (Wildman–Crippen MR) is 107 cm³/mol. The van der Waals surface area contributed by atoms with Crippen LogP contribution in [0.5, 0.6) is 0 Å². The number of rotatable bonds is 13. The lowest BCUT2D eigenvalue weighted by Gasteiger charge is -2.27. The zero-order valence-corrected chi connectivity index (χ0v) is 17.7. The second-order valence-corrected chi connectivity index (χ2v) is 7.46. The lowest BCUT2D eigenvalue weighted by Crippen LogP contribution is -2.59. The molecule has 0 spiro atoms. The molecule has 0 bridgehead atoms. The van der Waals surface area contributed by atoms with Gasteiger partial charge in [0.2, 0.25) is 23.6 Å². The van der Waals surface area contributed by atoms with Gasteiger partial charge in [-0.05, 0) is 11.8 Å². The van der Waals surface area contributed by atoms with E-state index in [0.717, 1.165) is 0 Å². The minimum atomic E-state index is -1.43. The maximum absolute atomic E-state index is 12.6. The van der Waals surface area contributed by atoms with Crippen LogP contribution < -0.4 is 27.4 Å². The van der Waals surface area contributed by atoms with Crippen LogP contribution in [0.15, 0.2) is 0 Å². The third kappa shape index (κ3) is 8.74. The van der Waals surface area contributed by atoms with Gasteiger partial charge in [0.15, 0.2) is 0 Å². The molecule has 5 unspecified atom stereocenters. The fraction of sp³-hybridized carbons (Fsp3) is 0.722. The Bertz CT molecular complexity index is 640. The summed E-state index contributed by atoms with van der Waals surface area (Å²) in [6.45, 7) is 5.94. The molecule has 172 valence electrons. The summed E-state index contributed by atoms with van der Waals surface area (Å²) in [5.74, 6) is -5.24. The molecule has 0 aliphatic heterocycles. The number of nitrogens with two attached hydrogens (primary N) is 2. The smallest absolute Gasteiger partial charge is 0.326 e. The van der Waals surface area contributed by atoms with Crippen molar-refractivity contribution in [2.24, 2.45) is 23.3 Å². The molecule has 0 aliphatic rings. The SMILES string of the molecule is CCC(C)C(NC(=O)C(NC(=O)C(CO)NC(=O)C(N)CC(N)=O)C(C)C)C(=O)O. The number of carboxylic acids is 1. The van der Waals surface area contributed by atoms with Gasteiger partial charge in [-0.1, -0.05) is 34.1 Å². The Balaban J connectivity index is 5.23. The quantitative estimate of drug-likeness (QED) is 0.164. The van der Waals surface area contributed by atoms with Crippen LogP contribution in [-0.4, -0.2) is 70.6 Å². The number of carbonyl (C=O) groups excluding carboxylic acids is 4. The number of aliphatic hydroxyl groups is 1. The first-order valence-corrected chi connectivity index (χ1v) is 9.64. The summed E-state index contributed by atoms with van der Waals surface area (Å²) in [7, 11) is 0. The van der Waals surface area contributed by atoms with Gasteiger partial charge in [0, 0.05) is 0 Å². The van der Waals surface area contributed by atoms with Crippen molar-refractivity contribution in [3.8, 4) is 0 Å². The summed E-state index contributed by atoms with van der Waals surface area (Å²) in [5, 5.41) is 25.8. The first-order chi connectivity index (χ1) is 13.8. The second kappa shape index (κ2) is 12.8. The van der Waals surface area contributed by atoms with Gasteiger partial charge in [0.05, 0.1) is 19.1 Å². The van der Waals surface area contributed by atoms with E-state index < -0.39 is 72.7 Å². The number of hydrogen-bond acceptors (Lipinski definition) is 7. The number of nitrogens with one attached hydrogen (secondary N) is 3. The van der Waals surface area contributed by atoms with Crippen molar-refractivity contribution in [2.45, 2.75) is 64.7 Å². The van der Waals surface area contributed by atoms with Crippen molar-refractivity contribution >= 4 is 29.6 Å². The van der Waals surface area contributed by atoms with E-state index in [1.807, 2.05) is 0 Å². The van der Waals surface area contributed by atoms with Crippen LogP contribution in [-0.2, 0) is 24.0 Å². The number of aliphatic hydroxyl groups excluding tert-OH is 1. The van der Waals surface area contributed by atoms with Gasteiger partial charge in [-0.15, -0.1) is 0 Å². The van der Waals surface area contributed by atoms with Gasteiger partial charge in [-0.25, -0.2) is 4.79 Å². The third-order valence-electron chi connectivity index (χ3n) is 4.60. The number of carbonyl (C=O) groups is 5. The first-order valence-electron chi connectivity index (χ1n) is 9.64. The van der Waals surface area contributed by atoms with E-state index in [0.29, 0.717) is 6.42 Å². The van der Waals surface area contributed by atoms with E-state index in [1.54, 1.807) is 27.7 Å². The predicted octanol–water partition coefficient (Wildman–Crippen LogP) is -2.58. The normalized spacial score (nSPS) is 16.0. The van der Waals surface area contributed by atoms with Gasteiger partial charge < -0.3 is 37.6 Å². The number of hydrogen-bond donors (Lipinski definition) is 7. The molecule has 12 nitrogen and oxygen atoms in total. The van der Waals surface area contributed by atoms with Crippen molar-refractivity contribution in [2.75, 3.05) is 6.61 Å². The largest absolute Gasteiger partial charge is 0.480 e. The molecule has 0 aromatic carbocycles. The van der Waals surface area contributed by atoms with E-state index in [1.165, 1.54) is 0 Å². The molecule has 0 rings (SSSR count). The highest BCUT2D eigenvalue weighted by molar-refractivity contribution is 5.95. The van der Waals surface area contributed by atoms with Crippen LogP contribution in [0.25, 0.3) is 0 Å². The molecular formula is C18H33N5O7. The molecule has 12 heteroatoms. The van der Waals surface area contributed by atoms with E-state index in [-0.39, 0.29) is 5.92 Å². The van der Waals surface area contributed by atoms with Crippen LogP contribution in [0, 0.1) is 11.8 Å². The summed E-state index contributed by atoms with van der Waals surface area (Å²) in [6.07, 6.45) is 0.0644. The second-order valence-electron chi connectivity index (χ2n) is 7.46. The fourth-order valence-corrected chi connectivity index (χ4v) is 2.50. The molecule has 0 saturated heterocycles. The molecule has 0 aromatic heterocycles. The first kappa shape index (κ1) is 27.3. The average molecular weight is 431 g/mol. The Morgan fingerprint density at radius 1 is 0.900 bits per heavy atom. The monoisotopic (exact) mass is 431 g/mol. The lowest BCUT2D eigenvalue weighted by atomic mass is 9.97. The summed E-state index contributed by atoms with van der Waals surface area (Å²) in [5.41, 5.74) is 10.5. The maximum Gasteiger partial charge on any atom is 0.326 e. The fourth-order valence-electron chi connectivity index (χ4n) is 2.50. The zero-order valence-electron chi connectivity index (χ0n) is 17.7. The molecule has 0 aliphatic carbocycles. The van der Waals surface area contributed by atoms with Gasteiger partial charge in [-0.2, -0.15) is 0 Å². The molecular weight excluding hydrogens is 398 g/mol. The minimum absolute atomic E-state index is 0.341. The van der Waals surface area contributed by atoms with Crippen molar-refractivity contribution in [1.29, 1.82) is 0 Å². The van der Waals surface area contributed by atoms with Crippen molar-refractivity contribution in [3.05, 3.63) is 0 Å². The molecule has 9 N–H and O–H groups in total. The molecule has 30 heavy (non-hydrogen) atoms. The Morgan fingerprint density at radius 2 is 1.43 bits per heavy atom. The summed E-state index contributed by atoms with van der Waals surface area (Å²) >= 11 is 0. The molecule has 0 aromatic rings. The number of carboxylic acid groups (broad SMARTS) is 1. The molecule has 4 amide bonds. The Labute approximate surface area is 175 Å². The van der Waals surface area contributed by atoms with E-state index in [2.05, 4.69) is 16.0 Å². The van der Waals surface area contributed by atoms with E-state index >= 15 is 0 Å². The molecule has 0 fully saturated rings. The highest BCUT2D eigenvalue weighted by Gasteiger charge is 2.33. The lowest BCUT2D eigenvalue weighted by molar-refractivity contribution is -0.144. The van der Waals surface area contributed by atoms with E-state index in [4.69, 9.17) is 11.5 Å². The summed E-state index contributed by atoms with van der Waals surface area (Å²) in [6, 6.07) is -5.00.